The minimum Gasteiger partial charge on any atom is -0.235 e. The van der Waals surface area contributed by atoms with E-state index in [9.17, 15) is 0 Å². The Labute approximate surface area is 73.5 Å². The Morgan fingerprint density at radius 3 is 2.45 bits per heavy atom. The molecule has 1 fully saturated rings. The zero-order valence-corrected chi connectivity index (χ0v) is 8.53. The van der Waals surface area contributed by atoms with Gasteiger partial charge in [-0.25, -0.2) is 5.43 Å². The first-order valence-electron chi connectivity index (χ1n) is 4.03. The average molecular weight is 173 g/mol. The highest BCUT2D eigenvalue weighted by molar-refractivity contribution is 7.99. The van der Waals surface area contributed by atoms with Crippen LogP contribution in [0.15, 0.2) is 0 Å². The molecule has 0 aromatic heterocycles. The molecule has 3 heteroatoms. The van der Waals surface area contributed by atoms with Crippen LogP contribution in [0.3, 0.4) is 0 Å². The van der Waals surface area contributed by atoms with Gasteiger partial charge in [-0.15, -0.1) is 0 Å². The van der Waals surface area contributed by atoms with Crippen molar-refractivity contribution in [1.29, 1.82) is 0 Å². The molecule has 0 amide bonds. The monoisotopic (exact) mass is 173 g/mol. The molecule has 0 aromatic rings. The molecular formula is C8H17N2S. The van der Waals surface area contributed by atoms with E-state index in [0.29, 0.717) is 6.04 Å². The SMILES string of the molecule is CSC1CC1[N]NC(C)(C)C. The Bertz CT molecular complexity index is 131. The van der Waals surface area contributed by atoms with E-state index < -0.39 is 0 Å². The third-order valence-corrected chi connectivity index (χ3v) is 2.68. The summed E-state index contributed by atoms with van der Waals surface area (Å²) in [5.74, 6) is 0. The minimum atomic E-state index is 0.131. The minimum absolute atomic E-state index is 0.131. The van der Waals surface area contributed by atoms with Gasteiger partial charge in [-0.2, -0.15) is 17.2 Å². The van der Waals surface area contributed by atoms with Crippen LogP contribution in [0.2, 0.25) is 0 Å². The molecule has 1 N–H and O–H groups in total. The fourth-order valence-corrected chi connectivity index (χ4v) is 1.59. The average Bonchev–Trinajstić information content (AvgIpc) is 2.60. The van der Waals surface area contributed by atoms with Gasteiger partial charge in [-0.05, 0) is 33.4 Å². The van der Waals surface area contributed by atoms with E-state index in [-0.39, 0.29) is 5.54 Å². The first-order valence-corrected chi connectivity index (χ1v) is 5.31. The molecule has 1 saturated carbocycles. The zero-order valence-electron chi connectivity index (χ0n) is 7.72. The van der Waals surface area contributed by atoms with E-state index in [0.717, 1.165) is 5.25 Å². The molecule has 11 heavy (non-hydrogen) atoms. The standard InChI is InChI=1S/C8H17N2S/c1-8(2,3)10-9-6-5-7(6)11-4/h6-7,10H,5H2,1-4H3. The largest absolute Gasteiger partial charge is 0.235 e. The van der Waals surface area contributed by atoms with Gasteiger partial charge in [0.05, 0.1) is 6.04 Å². The van der Waals surface area contributed by atoms with Gasteiger partial charge in [0.2, 0.25) is 0 Å². The van der Waals surface area contributed by atoms with Gasteiger partial charge in [-0.3, -0.25) is 0 Å². The van der Waals surface area contributed by atoms with Crippen molar-refractivity contribution in [3.63, 3.8) is 0 Å². The summed E-state index contributed by atoms with van der Waals surface area (Å²) in [5, 5.41) is 0.782. The van der Waals surface area contributed by atoms with Crippen LogP contribution < -0.4 is 10.9 Å². The summed E-state index contributed by atoms with van der Waals surface area (Å²) in [4.78, 5) is 0. The number of hydrogen-bond acceptors (Lipinski definition) is 2. The predicted octanol–water partition coefficient (Wildman–Crippen LogP) is 1.40. The highest BCUT2D eigenvalue weighted by Crippen LogP contribution is 2.33. The number of nitrogens with zero attached hydrogens (tertiary/aromatic N) is 1. The second kappa shape index (κ2) is 3.33. The number of thioether (sulfide) groups is 1. The van der Waals surface area contributed by atoms with Crippen LogP contribution in [0.25, 0.3) is 0 Å². The van der Waals surface area contributed by atoms with Crippen LogP contribution in [0.1, 0.15) is 27.2 Å². The Morgan fingerprint density at radius 2 is 2.09 bits per heavy atom. The molecule has 0 heterocycles. The Hall–Kier alpha value is 0.270. The molecule has 1 rings (SSSR count). The lowest BCUT2D eigenvalue weighted by Crippen LogP contribution is -2.42. The lowest BCUT2D eigenvalue weighted by molar-refractivity contribution is 0.348. The third-order valence-electron chi connectivity index (χ3n) is 1.57. The fourth-order valence-electron chi connectivity index (χ4n) is 0.825. The smallest absolute Gasteiger partial charge is 0.0546 e. The van der Waals surface area contributed by atoms with Crippen molar-refractivity contribution in [2.75, 3.05) is 6.26 Å². The summed E-state index contributed by atoms with van der Waals surface area (Å²) in [6.07, 6.45) is 3.40. The second-order valence-corrected chi connectivity index (χ2v) is 5.15. The van der Waals surface area contributed by atoms with E-state index in [1.807, 2.05) is 11.8 Å². The van der Waals surface area contributed by atoms with E-state index in [1.54, 1.807) is 0 Å². The lowest BCUT2D eigenvalue weighted by Gasteiger charge is -2.19. The Kier molecular flexibility index (Phi) is 2.84. The Morgan fingerprint density at radius 1 is 1.45 bits per heavy atom. The van der Waals surface area contributed by atoms with Crippen LogP contribution in [-0.4, -0.2) is 23.1 Å². The van der Waals surface area contributed by atoms with Gasteiger partial charge in [-0.1, -0.05) is 0 Å². The first-order chi connectivity index (χ1) is 5.03. The van der Waals surface area contributed by atoms with E-state index in [4.69, 9.17) is 0 Å². The van der Waals surface area contributed by atoms with Crippen LogP contribution in [0.5, 0.6) is 0 Å². The molecule has 0 saturated heterocycles. The maximum absolute atomic E-state index is 4.39. The molecule has 0 aliphatic heterocycles. The first kappa shape index (κ1) is 9.36. The Balaban J connectivity index is 2.06. The van der Waals surface area contributed by atoms with Crippen molar-refractivity contribution in [3.8, 4) is 0 Å². The number of rotatable bonds is 3. The summed E-state index contributed by atoms with van der Waals surface area (Å²) >= 11 is 1.92. The molecule has 1 radical (unpaired) electrons. The molecule has 0 aromatic carbocycles. The number of hydrogen-bond donors (Lipinski definition) is 1. The van der Waals surface area contributed by atoms with Crippen LogP contribution in [0, 0.1) is 0 Å². The quantitative estimate of drug-likeness (QED) is 0.653. The molecule has 0 bridgehead atoms. The maximum Gasteiger partial charge on any atom is 0.0546 e. The third kappa shape index (κ3) is 3.45. The van der Waals surface area contributed by atoms with Gasteiger partial charge in [0.1, 0.15) is 0 Å². The van der Waals surface area contributed by atoms with Gasteiger partial charge in [0, 0.05) is 10.8 Å². The van der Waals surface area contributed by atoms with Crippen LogP contribution in [-0.2, 0) is 0 Å². The summed E-state index contributed by atoms with van der Waals surface area (Å²) in [6.45, 7) is 6.40. The molecule has 1 aliphatic rings. The maximum atomic E-state index is 4.39. The normalized spacial score (nSPS) is 30.5. The fraction of sp³-hybridized carbons (Fsp3) is 1.00. The van der Waals surface area contributed by atoms with Crippen LogP contribution >= 0.6 is 11.8 Å². The molecule has 2 atom stereocenters. The molecular weight excluding hydrogens is 156 g/mol. The summed E-state index contributed by atoms with van der Waals surface area (Å²) in [6, 6.07) is 0.573. The highest BCUT2D eigenvalue weighted by Gasteiger charge is 2.37. The predicted molar refractivity (Wildman–Crippen MR) is 50.7 cm³/mol. The van der Waals surface area contributed by atoms with Crippen molar-refractivity contribution in [2.45, 2.75) is 44.0 Å². The summed E-state index contributed by atoms with van der Waals surface area (Å²) in [7, 11) is 0. The highest BCUT2D eigenvalue weighted by atomic mass is 32.2. The summed E-state index contributed by atoms with van der Waals surface area (Å²) < 4.78 is 0. The number of nitrogens with one attached hydrogen (secondary N) is 1. The zero-order chi connectivity index (χ0) is 8.48. The van der Waals surface area contributed by atoms with E-state index >= 15 is 0 Å². The summed E-state index contributed by atoms with van der Waals surface area (Å²) in [5.41, 5.74) is 7.68. The molecule has 2 nitrogen and oxygen atoms in total. The van der Waals surface area contributed by atoms with Crippen molar-refractivity contribution < 1.29 is 0 Å². The second-order valence-electron chi connectivity index (χ2n) is 4.07. The van der Waals surface area contributed by atoms with Gasteiger partial charge in [0.25, 0.3) is 0 Å². The molecule has 65 valence electrons. The topological polar surface area (TPSA) is 26.1 Å². The van der Waals surface area contributed by atoms with Crippen LogP contribution in [0.4, 0.5) is 0 Å². The van der Waals surface area contributed by atoms with Gasteiger partial charge in [0.15, 0.2) is 0 Å². The van der Waals surface area contributed by atoms with Gasteiger partial charge < -0.3 is 0 Å². The van der Waals surface area contributed by atoms with Crippen molar-refractivity contribution in [3.05, 3.63) is 0 Å². The van der Waals surface area contributed by atoms with E-state index in [1.165, 1.54) is 6.42 Å². The van der Waals surface area contributed by atoms with Crippen molar-refractivity contribution >= 4 is 11.8 Å². The van der Waals surface area contributed by atoms with Crippen molar-refractivity contribution in [2.24, 2.45) is 0 Å². The van der Waals surface area contributed by atoms with Gasteiger partial charge >= 0.3 is 0 Å². The lowest BCUT2D eigenvalue weighted by atomic mass is 10.1. The molecule has 2 unspecified atom stereocenters. The molecule has 1 aliphatic carbocycles. The van der Waals surface area contributed by atoms with Crippen molar-refractivity contribution in [1.82, 2.24) is 10.9 Å². The molecule has 0 spiro atoms. The van der Waals surface area contributed by atoms with E-state index in [2.05, 4.69) is 37.9 Å².